The Bertz CT molecular complexity index is 484. The van der Waals surface area contributed by atoms with E-state index in [1.54, 1.807) is 0 Å². The standard InChI is InChI=1S/C20H30O/c1-15(2)19-13-12-17(4)10-6-8-16(3)9-7-11-18(5)14-20(19)21/h8,11-13,15H,6-7,9-10,14H2,1-5H3/b16-8+,17-12+,18-11+,19-13+. The molecule has 116 valence electrons. The molecule has 0 saturated heterocycles. The van der Waals surface area contributed by atoms with E-state index in [2.05, 4.69) is 52.8 Å². The fraction of sp³-hybridized carbons (Fsp3) is 0.550. The van der Waals surface area contributed by atoms with Crippen LogP contribution in [0.2, 0.25) is 0 Å². The smallest absolute Gasteiger partial charge is 0.163 e. The van der Waals surface area contributed by atoms with Gasteiger partial charge in [-0.2, -0.15) is 0 Å². The molecule has 1 nitrogen and oxygen atoms in total. The van der Waals surface area contributed by atoms with E-state index in [1.165, 1.54) is 16.7 Å². The minimum Gasteiger partial charge on any atom is -0.294 e. The lowest BCUT2D eigenvalue weighted by Crippen LogP contribution is -2.08. The molecule has 0 aromatic rings. The molecular weight excluding hydrogens is 256 g/mol. The van der Waals surface area contributed by atoms with Crippen molar-refractivity contribution in [3.63, 3.8) is 0 Å². The summed E-state index contributed by atoms with van der Waals surface area (Å²) in [6.07, 6.45) is 13.6. The lowest BCUT2D eigenvalue weighted by Gasteiger charge is -2.11. The molecule has 1 aliphatic carbocycles. The number of hydrogen-bond donors (Lipinski definition) is 0. The highest BCUT2D eigenvalue weighted by molar-refractivity contribution is 5.97. The van der Waals surface area contributed by atoms with Crippen LogP contribution in [-0.2, 0) is 4.79 Å². The van der Waals surface area contributed by atoms with Crippen molar-refractivity contribution < 1.29 is 4.79 Å². The molecule has 0 atom stereocenters. The van der Waals surface area contributed by atoms with Gasteiger partial charge in [0.1, 0.15) is 0 Å². The van der Waals surface area contributed by atoms with Gasteiger partial charge in [0.25, 0.3) is 0 Å². The van der Waals surface area contributed by atoms with Crippen molar-refractivity contribution >= 4 is 5.78 Å². The van der Waals surface area contributed by atoms with Crippen LogP contribution in [0.15, 0.2) is 46.6 Å². The van der Waals surface area contributed by atoms with Crippen molar-refractivity contribution in [2.24, 2.45) is 5.92 Å². The summed E-state index contributed by atoms with van der Waals surface area (Å²) in [6.45, 7) is 10.6. The molecule has 0 amide bonds. The number of ketones is 1. The summed E-state index contributed by atoms with van der Waals surface area (Å²) in [7, 11) is 0. The van der Waals surface area contributed by atoms with Gasteiger partial charge in [0.05, 0.1) is 0 Å². The van der Waals surface area contributed by atoms with Crippen LogP contribution in [0.4, 0.5) is 0 Å². The number of carbonyl (C=O) groups is 1. The Labute approximate surface area is 130 Å². The van der Waals surface area contributed by atoms with E-state index in [0.29, 0.717) is 6.42 Å². The summed E-state index contributed by atoms with van der Waals surface area (Å²) in [5.74, 6) is 0.552. The highest BCUT2D eigenvalue weighted by atomic mass is 16.1. The van der Waals surface area contributed by atoms with Crippen molar-refractivity contribution in [3.05, 3.63) is 46.6 Å². The van der Waals surface area contributed by atoms with Crippen LogP contribution >= 0.6 is 0 Å². The van der Waals surface area contributed by atoms with Crippen molar-refractivity contribution in [3.8, 4) is 0 Å². The van der Waals surface area contributed by atoms with Gasteiger partial charge in [-0.3, -0.25) is 4.79 Å². The Morgan fingerprint density at radius 1 is 0.857 bits per heavy atom. The second-order valence-corrected chi connectivity index (χ2v) is 6.57. The van der Waals surface area contributed by atoms with E-state index < -0.39 is 0 Å². The first-order chi connectivity index (χ1) is 9.90. The molecule has 1 rings (SSSR count). The first-order valence-corrected chi connectivity index (χ1v) is 8.12. The molecule has 0 saturated carbocycles. The number of rotatable bonds is 1. The second kappa shape index (κ2) is 8.81. The average molecular weight is 286 g/mol. The lowest BCUT2D eigenvalue weighted by molar-refractivity contribution is -0.115. The molecule has 0 spiro atoms. The molecule has 0 radical (unpaired) electrons. The first kappa shape index (κ1) is 17.7. The van der Waals surface area contributed by atoms with Crippen LogP contribution in [0.1, 0.15) is 66.7 Å². The third-order valence-electron chi connectivity index (χ3n) is 3.99. The summed E-state index contributed by atoms with van der Waals surface area (Å²) in [5, 5.41) is 0. The normalized spacial score (nSPS) is 29.3. The highest BCUT2D eigenvalue weighted by Crippen LogP contribution is 2.19. The third kappa shape index (κ3) is 6.75. The SMILES string of the molecule is C/C1=C\C=C(/C(C)C)C(=O)C/C(C)=C/CC/C(C)=C/CC1. The first-order valence-electron chi connectivity index (χ1n) is 8.12. The maximum Gasteiger partial charge on any atom is 0.163 e. The minimum absolute atomic E-state index is 0.270. The quantitative estimate of drug-likeness (QED) is 0.545. The fourth-order valence-electron chi connectivity index (χ4n) is 2.54. The zero-order valence-electron chi connectivity index (χ0n) is 14.3. The van der Waals surface area contributed by atoms with E-state index in [9.17, 15) is 4.79 Å². The van der Waals surface area contributed by atoms with Gasteiger partial charge in [-0.15, -0.1) is 0 Å². The van der Waals surface area contributed by atoms with Crippen LogP contribution in [0, 0.1) is 5.92 Å². The maximum atomic E-state index is 12.5. The Morgan fingerprint density at radius 2 is 1.43 bits per heavy atom. The molecule has 0 aromatic carbocycles. The van der Waals surface area contributed by atoms with E-state index in [0.717, 1.165) is 31.3 Å². The van der Waals surface area contributed by atoms with Gasteiger partial charge in [-0.1, -0.05) is 54.9 Å². The number of allylic oxidation sites excluding steroid dienone is 8. The largest absolute Gasteiger partial charge is 0.294 e. The zero-order chi connectivity index (χ0) is 15.8. The average Bonchev–Trinajstić information content (AvgIpc) is 2.37. The summed E-state index contributed by atoms with van der Waals surface area (Å²) >= 11 is 0. The number of Topliss-reactive ketones (excluding diaryl/α,β-unsaturated/α-hetero) is 1. The molecule has 1 aliphatic rings. The molecule has 1 heteroatoms. The molecule has 0 aromatic heterocycles. The summed E-state index contributed by atoms with van der Waals surface area (Å²) in [6, 6.07) is 0. The van der Waals surface area contributed by atoms with Gasteiger partial charge in [0, 0.05) is 6.42 Å². The molecule has 0 unspecified atom stereocenters. The van der Waals surface area contributed by atoms with Gasteiger partial charge in [0.2, 0.25) is 0 Å². The predicted octanol–water partition coefficient (Wildman–Crippen LogP) is 5.94. The topological polar surface area (TPSA) is 17.1 Å². The summed E-state index contributed by atoms with van der Waals surface area (Å²) < 4.78 is 0. The Kier molecular flexibility index (Phi) is 7.42. The van der Waals surface area contributed by atoms with Crippen LogP contribution in [0.25, 0.3) is 0 Å². The summed E-state index contributed by atoms with van der Waals surface area (Å²) in [4.78, 5) is 12.5. The Morgan fingerprint density at radius 3 is 2.05 bits per heavy atom. The van der Waals surface area contributed by atoms with Crippen molar-refractivity contribution in [1.82, 2.24) is 0 Å². The van der Waals surface area contributed by atoms with E-state index in [1.807, 2.05) is 6.08 Å². The number of hydrogen-bond acceptors (Lipinski definition) is 1. The minimum atomic E-state index is 0.270. The van der Waals surface area contributed by atoms with Crippen molar-refractivity contribution in [2.45, 2.75) is 66.7 Å². The molecule has 0 N–H and O–H groups in total. The van der Waals surface area contributed by atoms with E-state index in [4.69, 9.17) is 0 Å². The Balaban J connectivity index is 3.03. The van der Waals surface area contributed by atoms with Gasteiger partial charge >= 0.3 is 0 Å². The van der Waals surface area contributed by atoms with E-state index >= 15 is 0 Å². The predicted molar refractivity (Wildman–Crippen MR) is 92.3 cm³/mol. The van der Waals surface area contributed by atoms with Gasteiger partial charge < -0.3 is 0 Å². The molecule has 0 fully saturated rings. The van der Waals surface area contributed by atoms with Crippen molar-refractivity contribution in [1.29, 1.82) is 0 Å². The number of carbonyl (C=O) groups excluding carboxylic acids is 1. The van der Waals surface area contributed by atoms with Crippen LogP contribution in [0.5, 0.6) is 0 Å². The summed E-state index contributed by atoms with van der Waals surface area (Å²) in [5.41, 5.74) is 4.94. The van der Waals surface area contributed by atoms with Crippen LogP contribution < -0.4 is 0 Å². The van der Waals surface area contributed by atoms with E-state index in [-0.39, 0.29) is 11.7 Å². The van der Waals surface area contributed by atoms with Gasteiger partial charge in [-0.25, -0.2) is 0 Å². The Hall–Kier alpha value is -1.37. The molecular formula is C20H30O. The molecule has 0 heterocycles. The molecule has 0 bridgehead atoms. The maximum absolute atomic E-state index is 12.5. The lowest BCUT2D eigenvalue weighted by atomic mass is 9.93. The monoisotopic (exact) mass is 286 g/mol. The highest BCUT2D eigenvalue weighted by Gasteiger charge is 2.13. The van der Waals surface area contributed by atoms with Crippen LogP contribution in [0.3, 0.4) is 0 Å². The van der Waals surface area contributed by atoms with Gasteiger partial charge in [-0.05, 0) is 57.9 Å². The molecule has 21 heavy (non-hydrogen) atoms. The zero-order valence-corrected chi connectivity index (χ0v) is 14.3. The second-order valence-electron chi connectivity index (χ2n) is 6.57. The fourth-order valence-corrected chi connectivity index (χ4v) is 2.54. The van der Waals surface area contributed by atoms with Crippen LogP contribution in [-0.4, -0.2) is 5.78 Å². The third-order valence-corrected chi connectivity index (χ3v) is 3.99. The van der Waals surface area contributed by atoms with Crippen molar-refractivity contribution in [2.75, 3.05) is 0 Å². The molecule has 0 aliphatic heterocycles. The van der Waals surface area contributed by atoms with Gasteiger partial charge in [0.15, 0.2) is 5.78 Å².